The Hall–Kier alpha value is -6.67. The molecular weight excluding hydrogens is 791 g/mol. The van der Waals surface area contributed by atoms with Gasteiger partial charge in [0, 0.05) is 56.3 Å². The summed E-state index contributed by atoms with van der Waals surface area (Å²) in [5.74, 6) is 0.718. The monoisotopic (exact) mass is 831 g/mol. The predicted molar refractivity (Wildman–Crippen MR) is 209 cm³/mol. The first kappa shape index (κ1) is 42.9. The van der Waals surface area contributed by atoms with Gasteiger partial charge in [0.05, 0.1) is 23.4 Å². The molecule has 0 unspecified atom stereocenters. The lowest BCUT2D eigenvalue weighted by atomic mass is 9.94. The largest absolute Gasteiger partial charge is 0.490 e. The highest BCUT2D eigenvalue weighted by Gasteiger charge is 2.39. The number of aliphatic hydroxyl groups is 1. The van der Waals surface area contributed by atoms with E-state index in [1.54, 1.807) is 41.4 Å². The summed E-state index contributed by atoms with van der Waals surface area (Å²) in [5, 5.41) is 31.4. The van der Waals surface area contributed by atoms with Crippen LogP contribution in [0.5, 0.6) is 5.75 Å². The summed E-state index contributed by atoms with van der Waals surface area (Å²) in [6.45, 7) is 3.63. The summed E-state index contributed by atoms with van der Waals surface area (Å²) in [4.78, 5) is 67.8. The fraction of sp³-hybridized carbons (Fsp3) is 0.350. The second kappa shape index (κ2) is 18.5. The van der Waals surface area contributed by atoms with E-state index in [1.165, 1.54) is 6.33 Å². The van der Waals surface area contributed by atoms with Crippen LogP contribution in [0.15, 0.2) is 67.1 Å². The number of nitrogens with one attached hydrogen (secondary N) is 2. The Morgan fingerprint density at radius 3 is 2.43 bits per heavy atom. The molecule has 3 N–H and O–H groups in total. The smallest absolute Gasteiger partial charge is 0.423 e. The van der Waals surface area contributed by atoms with Crippen LogP contribution >= 0.6 is 0 Å². The molecule has 0 spiro atoms. The number of aryl methyl sites for hydroxylation is 1. The number of anilines is 2. The molecular formula is C40H40F3N9O8. The number of nitro benzene ring substituents is 1. The number of pyridine rings is 1. The maximum atomic E-state index is 13.3. The van der Waals surface area contributed by atoms with Crippen LogP contribution in [0.25, 0.3) is 22.8 Å². The van der Waals surface area contributed by atoms with Gasteiger partial charge >= 0.3 is 6.18 Å². The zero-order valence-corrected chi connectivity index (χ0v) is 32.5. The Kier molecular flexibility index (Phi) is 13.2. The van der Waals surface area contributed by atoms with Crippen LogP contribution in [0.1, 0.15) is 48.6 Å². The molecule has 314 valence electrons. The van der Waals surface area contributed by atoms with Gasteiger partial charge in [-0.05, 0) is 68.1 Å². The van der Waals surface area contributed by atoms with Crippen LogP contribution in [0, 0.1) is 17.0 Å². The zero-order chi connectivity index (χ0) is 43.0. The molecule has 1 aliphatic rings. The predicted octanol–water partition coefficient (Wildman–Crippen LogP) is 5.26. The number of nitrogens with zero attached hydrogens (tertiary/aromatic N) is 7. The number of Topliss-reactive ketones (excluding diaryl/α,β-unsaturated/α-hetero) is 2. The van der Waals surface area contributed by atoms with E-state index in [0.717, 1.165) is 18.6 Å². The summed E-state index contributed by atoms with van der Waals surface area (Å²) in [7, 11) is 0. The number of rotatable bonds is 19. The van der Waals surface area contributed by atoms with E-state index >= 15 is 0 Å². The fourth-order valence-electron chi connectivity index (χ4n) is 6.30. The fourth-order valence-corrected chi connectivity index (χ4v) is 6.30. The average Bonchev–Trinajstić information content (AvgIpc) is 3.76. The molecule has 0 radical (unpaired) electrons. The van der Waals surface area contributed by atoms with Gasteiger partial charge in [-0.25, -0.2) is 19.9 Å². The molecule has 0 saturated heterocycles. The molecule has 0 aliphatic carbocycles. The van der Waals surface area contributed by atoms with E-state index in [0.29, 0.717) is 84.8 Å². The van der Waals surface area contributed by atoms with Crippen LogP contribution in [-0.4, -0.2) is 96.1 Å². The SMILES string of the molecule is Cc1nc(-c2ncn[nH]2)ccc1-c1cnc2c(n1)N(CCCOCCCC(=O)Cc1ccc(OC[C@](C)(O)C(=O)Cc3ccc([N+](=O)[O-])c(C(F)(F)F)c3)cc1)C(=O)CN2. The number of alkyl halides is 3. The van der Waals surface area contributed by atoms with Gasteiger partial charge in [-0.3, -0.25) is 34.5 Å². The molecule has 60 heavy (non-hydrogen) atoms. The number of halogens is 3. The number of nitro groups is 1. The highest BCUT2D eigenvalue weighted by Crippen LogP contribution is 2.37. The van der Waals surface area contributed by atoms with E-state index in [4.69, 9.17) is 14.5 Å². The van der Waals surface area contributed by atoms with Crippen LogP contribution in [-0.2, 0) is 38.1 Å². The molecule has 20 heteroatoms. The normalized spacial score (nSPS) is 13.6. The van der Waals surface area contributed by atoms with Crippen molar-refractivity contribution in [1.29, 1.82) is 0 Å². The third-order valence-electron chi connectivity index (χ3n) is 9.52. The number of fused-ring (bicyclic) bond motifs is 1. The van der Waals surface area contributed by atoms with E-state index in [2.05, 4.69) is 30.5 Å². The van der Waals surface area contributed by atoms with Crippen molar-refractivity contribution < 1.29 is 47.1 Å². The van der Waals surface area contributed by atoms with Crippen LogP contribution in [0.3, 0.4) is 0 Å². The van der Waals surface area contributed by atoms with Crippen molar-refractivity contribution in [1.82, 2.24) is 30.1 Å². The summed E-state index contributed by atoms with van der Waals surface area (Å²) in [5.41, 5.74) is -1.52. The molecule has 4 heterocycles. The molecule has 17 nitrogen and oxygen atoms in total. The minimum atomic E-state index is -5.01. The quantitative estimate of drug-likeness (QED) is 0.0548. The molecule has 1 amide bonds. The maximum Gasteiger partial charge on any atom is 0.423 e. The van der Waals surface area contributed by atoms with Crippen molar-refractivity contribution in [3.05, 3.63) is 99.6 Å². The first-order valence-electron chi connectivity index (χ1n) is 18.8. The highest BCUT2D eigenvalue weighted by molar-refractivity contribution is 6.01. The number of aromatic nitrogens is 6. The summed E-state index contributed by atoms with van der Waals surface area (Å²) >= 11 is 0. The second-order valence-corrected chi connectivity index (χ2v) is 14.2. The number of benzene rings is 2. The molecule has 6 rings (SSSR count). The molecule has 1 aliphatic heterocycles. The number of amides is 1. The topological polar surface area (TPSA) is 229 Å². The standard InChI is InChI=1S/C40H40F3N9O8/c1-24-29(11-12-31(48-24)36-46-23-47-50-36)32-20-44-37-38(49-32)51(35(55)21-45-37)14-4-16-59-15-3-5-27(53)17-25-6-9-28(10-7-25)60-22-39(2,56)34(54)19-26-8-13-33(52(57)58)30(18-26)40(41,42)43/h6-13,18,20,23,56H,3-5,14-17,19,21-22H2,1-2H3,(H,44,45)(H,46,47,50)/t39-/m0/s1. The van der Waals surface area contributed by atoms with E-state index in [9.17, 15) is 42.8 Å². The Morgan fingerprint density at radius 1 is 0.983 bits per heavy atom. The number of H-pyrrole nitrogens is 1. The van der Waals surface area contributed by atoms with Crippen LogP contribution < -0.4 is 15.0 Å². The van der Waals surface area contributed by atoms with Gasteiger partial charge in [-0.1, -0.05) is 18.2 Å². The van der Waals surface area contributed by atoms with Crippen molar-refractivity contribution in [3.8, 4) is 28.5 Å². The Morgan fingerprint density at radius 2 is 1.73 bits per heavy atom. The summed E-state index contributed by atoms with van der Waals surface area (Å²) < 4.78 is 51.3. The second-order valence-electron chi connectivity index (χ2n) is 14.2. The van der Waals surface area contributed by atoms with Gasteiger partial charge in [0.15, 0.2) is 28.8 Å². The molecule has 0 bridgehead atoms. The van der Waals surface area contributed by atoms with E-state index in [1.807, 2.05) is 13.0 Å². The minimum absolute atomic E-state index is 0.0174. The van der Waals surface area contributed by atoms with Crippen molar-refractivity contribution in [3.63, 3.8) is 0 Å². The first-order chi connectivity index (χ1) is 28.6. The van der Waals surface area contributed by atoms with Crippen molar-refractivity contribution >= 4 is 34.8 Å². The maximum absolute atomic E-state index is 13.3. The van der Waals surface area contributed by atoms with Crippen molar-refractivity contribution in [2.75, 3.05) is 43.1 Å². The third-order valence-corrected chi connectivity index (χ3v) is 9.52. The number of ketones is 2. The van der Waals surface area contributed by atoms with E-state index < -0.39 is 46.8 Å². The van der Waals surface area contributed by atoms with Gasteiger partial charge in [0.2, 0.25) is 5.91 Å². The number of carbonyl (C=O) groups excluding carboxylic acids is 3. The van der Waals surface area contributed by atoms with Crippen molar-refractivity contribution in [2.45, 2.75) is 57.7 Å². The number of hydrogen-bond donors (Lipinski definition) is 3. The lowest BCUT2D eigenvalue weighted by Crippen LogP contribution is -2.42. The lowest BCUT2D eigenvalue weighted by molar-refractivity contribution is -0.388. The summed E-state index contributed by atoms with van der Waals surface area (Å²) in [6.07, 6.45) is -1.14. The number of ether oxygens (including phenoxy) is 2. The Labute approximate surface area is 340 Å². The number of hydrogen-bond acceptors (Lipinski definition) is 14. The number of aromatic amines is 1. The molecule has 0 saturated carbocycles. The third kappa shape index (κ3) is 10.7. The zero-order valence-electron chi connectivity index (χ0n) is 32.5. The molecule has 0 fully saturated rings. The van der Waals surface area contributed by atoms with Gasteiger partial charge in [0.25, 0.3) is 5.69 Å². The van der Waals surface area contributed by atoms with Gasteiger partial charge in [0.1, 0.15) is 35.7 Å². The average molecular weight is 832 g/mol. The molecule has 2 aromatic carbocycles. The first-order valence-corrected chi connectivity index (χ1v) is 18.8. The molecule has 5 aromatic rings. The van der Waals surface area contributed by atoms with Crippen LogP contribution in [0.2, 0.25) is 0 Å². The lowest BCUT2D eigenvalue weighted by Gasteiger charge is -2.28. The Balaban J connectivity index is 0.903. The number of carbonyl (C=O) groups is 3. The Bertz CT molecular complexity index is 2360. The van der Waals surface area contributed by atoms with E-state index in [-0.39, 0.29) is 42.4 Å². The van der Waals surface area contributed by atoms with Gasteiger partial charge in [-0.2, -0.15) is 18.3 Å². The highest BCUT2D eigenvalue weighted by atomic mass is 19.4. The minimum Gasteiger partial charge on any atom is -0.490 e. The molecule has 1 atom stereocenters. The van der Waals surface area contributed by atoms with Gasteiger partial charge < -0.3 is 19.9 Å². The van der Waals surface area contributed by atoms with Gasteiger partial charge in [-0.15, -0.1) is 0 Å². The summed E-state index contributed by atoms with van der Waals surface area (Å²) in [6, 6.07) is 12.3. The van der Waals surface area contributed by atoms with Crippen molar-refractivity contribution in [2.24, 2.45) is 0 Å². The van der Waals surface area contributed by atoms with Crippen LogP contribution in [0.4, 0.5) is 30.5 Å². The molecule has 3 aromatic heterocycles.